The number of halogens is 1. The Hall–Kier alpha value is -2.45. The number of ether oxygens (including phenoxy) is 1. The third-order valence-electron chi connectivity index (χ3n) is 4.97. The summed E-state index contributed by atoms with van der Waals surface area (Å²) in [6.45, 7) is 3.28. The lowest BCUT2D eigenvalue weighted by molar-refractivity contribution is -0.387. The van der Waals surface area contributed by atoms with Gasteiger partial charge < -0.3 is 4.74 Å². The molecule has 1 atom stereocenters. The Kier molecular flexibility index (Phi) is 3.93. The van der Waals surface area contributed by atoms with Crippen molar-refractivity contribution in [2.45, 2.75) is 25.0 Å². The monoisotopic (exact) mass is 344 g/mol. The number of hydrogen-bond donors (Lipinski definition) is 0. The molecule has 0 aliphatic carbocycles. The lowest BCUT2D eigenvalue weighted by atomic mass is 9.81. The zero-order valence-corrected chi connectivity index (χ0v) is 13.5. The van der Waals surface area contributed by atoms with Crippen LogP contribution in [0.3, 0.4) is 0 Å². The van der Waals surface area contributed by atoms with Crippen LogP contribution in [0.15, 0.2) is 30.7 Å². The van der Waals surface area contributed by atoms with E-state index in [4.69, 9.17) is 4.74 Å². The van der Waals surface area contributed by atoms with Crippen LogP contribution in [0.2, 0.25) is 0 Å². The summed E-state index contributed by atoms with van der Waals surface area (Å²) in [5, 5.41) is 10.7. The van der Waals surface area contributed by atoms with E-state index in [0.29, 0.717) is 19.8 Å². The van der Waals surface area contributed by atoms with Gasteiger partial charge in [-0.25, -0.2) is 9.97 Å². The molecule has 8 heteroatoms. The summed E-state index contributed by atoms with van der Waals surface area (Å²) >= 11 is 0. The average molecular weight is 344 g/mol. The number of hydrogen-bond acceptors (Lipinski definition) is 6. The Morgan fingerprint density at radius 2 is 2.32 bits per heavy atom. The molecule has 0 amide bonds. The van der Waals surface area contributed by atoms with Gasteiger partial charge in [0, 0.05) is 30.9 Å². The van der Waals surface area contributed by atoms with E-state index in [1.165, 1.54) is 12.1 Å². The summed E-state index contributed by atoms with van der Waals surface area (Å²) in [5.74, 6) is -0.796. The van der Waals surface area contributed by atoms with Crippen LogP contribution < -0.4 is 0 Å². The Morgan fingerprint density at radius 1 is 1.44 bits per heavy atom. The van der Waals surface area contributed by atoms with E-state index in [1.807, 2.05) is 0 Å². The molecule has 2 aliphatic rings. The van der Waals surface area contributed by atoms with Crippen molar-refractivity contribution in [2.75, 3.05) is 19.7 Å². The second-order valence-electron chi connectivity index (χ2n) is 6.67. The lowest BCUT2D eigenvalue weighted by Gasteiger charge is -2.34. The van der Waals surface area contributed by atoms with E-state index in [2.05, 4.69) is 14.9 Å². The second-order valence-corrected chi connectivity index (χ2v) is 6.67. The minimum Gasteiger partial charge on any atom is -0.376 e. The molecule has 7 nitrogen and oxygen atoms in total. The quantitative estimate of drug-likeness (QED) is 0.627. The number of nitro benzene ring substituents is 1. The largest absolute Gasteiger partial charge is 0.376 e. The van der Waals surface area contributed by atoms with Gasteiger partial charge in [0.05, 0.1) is 29.2 Å². The number of rotatable bonds is 3. The van der Waals surface area contributed by atoms with Crippen molar-refractivity contribution in [2.24, 2.45) is 0 Å². The van der Waals surface area contributed by atoms with Gasteiger partial charge in [0.1, 0.15) is 6.33 Å². The molecule has 0 saturated carbocycles. The van der Waals surface area contributed by atoms with Crippen LogP contribution in [0.25, 0.3) is 0 Å². The first-order valence-electron chi connectivity index (χ1n) is 8.10. The Labute approximate surface area is 143 Å². The van der Waals surface area contributed by atoms with Crippen molar-refractivity contribution in [1.29, 1.82) is 0 Å². The molecule has 3 heterocycles. The fraction of sp³-hybridized carbons (Fsp3) is 0.412. The molecule has 2 aromatic rings. The maximum atomic E-state index is 13.8. The summed E-state index contributed by atoms with van der Waals surface area (Å²) in [6.07, 6.45) is 4.28. The van der Waals surface area contributed by atoms with E-state index in [0.717, 1.165) is 36.3 Å². The van der Waals surface area contributed by atoms with Gasteiger partial charge >= 0.3 is 5.69 Å². The molecule has 0 radical (unpaired) electrons. The van der Waals surface area contributed by atoms with Crippen LogP contribution in [-0.2, 0) is 23.3 Å². The van der Waals surface area contributed by atoms with Crippen molar-refractivity contribution in [1.82, 2.24) is 14.9 Å². The number of likely N-dealkylation sites (tertiary alicyclic amines) is 1. The Balaban J connectivity index is 1.52. The van der Waals surface area contributed by atoms with Gasteiger partial charge in [0.15, 0.2) is 0 Å². The molecule has 2 aliphatic heterocycles. The standard InChI is InChI=1S/C17H17FN4O3/c18-14-5-12(1-2-15(14)22(23)24)7-21-4-3-17(9-21)10-25-8-13-6-19-11-20-16(13)17/h1-2,5-6,11H,3-4,7-10H2/t17-/m0/s1. The molecule has 0 unspecified atom stereocenters. The van der Waals surface area contributed by atoms with Crippen molar-refractivity contribution in [3.63, 3.8) is 0 Å². The molecular formula is C17H17FN4O3. The SMILES string of the molecule is O=[N+]([O-])c1ccc(CN2CC[C@@]3(COCc4cncnc43)C2)cc1F. The third kappa shape index (κ3) is 2.87. The zero-order valence-electron chi connectivity index (χ0n) is 13.5. The summed E-state index contributed by atoms with van der Waals surface area (Å²) in [5.41, 5.74) is 2.14. The maximum absolute atomic E-state index is 13.8. The molecule has 1 aromatic carbocycles. The predicted molar refractivity (Wildman–Crippen MR) is 86.3 cm³/mol. The highest BCUT2D eigenvalue weighted by atomic mass is 19.1. The van der Waals surface area contributed by atoms with Crippen molar-refractivity contribution < 1.29 is 14.1 Å². The van der Waals surface area contributed by atoms with E-state index in [-0.39, 0.29) is 5.41 Å². The molecule has 1 spiro atoms. The van der Waals surface area contributed by atoms with E-state index in [9.17, 15) is 14.5 Å². The van der Waals surface area contributed by atoms with Crippen LogP contribution in [0.1, 0.15) is 23.2 Å². The summed E-state index contributed by atoms with van der Waals surface area (Å²) in [4.78, 5) is 20.8. The Morgan fingerprint density at radius 3 is 3.12 bits per heavy atom. The highest BCUT2D eigenvalue weighted by molar-refractivity contribution is 5.35. The molecule has 1 saturated heterocycles. The van der Waals surface area contributed by atoms with E-state index < -0.39 is 16.4 Å². The van der Waals surface area contributed by atoms with Gasteiger partial charge in [-0.15, -0.1) is 0 Å². The average Bonchev–Trinajstić information content (AvgIpc) is 2.98. The highest BCUT2D eigenvalue weighted by Crippen LogP contribution is 2.39. The van der Waals surface area contributed by atoms with Gasteiger partial charge in [-0.3, -0.25) is 15.0 Å². The number of nitrogens with zero attached hydrogens (tertiary/aromatic N) is 4. The van der Waals surface area contributed by atoms with Crippen molar-refractivity contribution in [3.8, 4) is 0 Å². The number of fused-ring (bicyclic) bond motifs is 2. The molecule has 1 aromatic heterocycles. The first-order valence-corrected chi connectivity index (χ1v) is 8.10. The highest BCUT2D eigenvalue weighted by Gasteiger charge is 2.44. The number of aromatic nitrogens is 2. The topological polar surface area (TPSA) is 81.4 Å². The molecule has 0 bridgehead atoms. The van der Waals surface area contributed by atoms with Gasteiger partial charge in [0.25, 0.3) is 0 Å². The predicted octanol–water partition coefficient (Wildman–Crippen LogP) is 2.20. The molecule has 0 N–H and O–H groups in total. The van der Waals surface area contributed by atoms with Crippen LogP contribution >= 0.6 is 0 Å². The maximum Gasteiger partial charge on any atom is 0.304 e. The fourth-order valence-electron chi connectivity index (χ4n) is 3.83. The summed E-state index contributed by atoms with van der Waals surface area (Å²) < 4.78 is 19.6. The minimum atomic E-state index is -0.796. The second kappa shape index (κ2) is 6.12. The van der Waals surface area contributed by atoms with Gasteiger partial charge in [-0.1, -0.05) is 6.07 Å². The smallest absolute Gasteiger partial charge is 0.304 e. The normalized spacial score (nSPS) is 22.9. The summed E-state index contributed by atoms with van der Waals surface area (Å²) in [6, 6.07) is 4.08. The molecular weight excluding hydrogens is 327 g/mol. The van der Waals surface area contributed by atoms with Crippen molar-refractivity contribution in [3.05, 3.63) is 63.5 Å². The van der Waals surface area contributed by atoms with Crippen molar-refractivity contribution >= 4 is 5.69 Å². The third-order valence-corrected chi connectivity index (χ3v) is 4.97. The van der Waals surface area contributed by atoms with Crippen LogP contribution in [0.5, 0.6) is 0 Å². The number of nitro groups is 1. The minimum absolute atomic E-state index is 0.157. The van der Waals surface area contributed by atoms with Gasteiger partial charge in [-0.2, -0.15) is 4.39 Å². The molecule has 4 rings (SSSR count). The van der Waals surface area contributed by atoms with Gasteiger partial charge in [0.2, 0.25) is 5.82 Å². The van der Waals surface area contributed by atoms with E-state index >= 15 is 0 Å². The first kappa shape index (κ1) is 16.0. The van der Waals surface area contributed by atoms with Crippen LogP contribution in [0.4, 0.5) is 10.1 Å². The molecule has 130 valence electrons. The zero-order chi connectivity index (χ0) is 17.4. The number of benzene rings is 1. The van der Waals surface area contributed by atoms with E-state index in [1.54, 1.807) is 18.6 Å². The van der Waals surface area contributed by atoms with Crippen LogP contribution in [-0.4, -0.2) is 39.5 Å². The molecule has 25 heavy (non-hydrogen) atoms. The Bertz CT molecular complexity index is 831. The summed E-state index contributed by atoms with van der Waals surface area (Å²) in [7, 11) is 0. The lowest BCUT2D eigenvalue weighted by Crippen LogP contribution is -2.40. The van der Waals surface area contributed by atoms with Gasteiger partial charge in [-0.05, 0) is 24.6 Å². The van der Waals surface area contributed by atoms with Crippen LogP contribution in [0, 0.1) is 15.9 Å². The molecule has 1 fully saturated rings. The first-order chi connectivity index (χ1) is 12.1. The fourth-order valence-corrected chi connectivity index (χ4v) is 3.83.